The van der Waals surface area contributed by atoms with Gasteiger partial charge in [0, 0.05) is 38.4 Å². The Bertz CT molecular complexity index is 1250. The van der Waals surface area contributed by atoms with E-state index in [1.807, 2.05) is 37.5 Å². The molecule has 148 valence electrons. The molecule has 1 aliphatic rings. The Morgan fingerprint density at radius 2 is 1.86 bits per heavy atom. The van der Waals surface area contributed by atoms with Crippen molar-refractivity contribution in [3.05, 3.63) is 58.9 Å². The largest absolute Gasteiger partial charge is 0.368 e. The molecular weight excluding hydrogens is 366 g/mol. The van der Waals surface area contributed by atoms with Gasteiger partial charge in [-0.3, -0.25) is 14.2 Å². The lowest BCUT2D eigenvalue weighted by Gasteiger charge is -2.35. The number of aromatic nitrogens is 5. The zero-order valence-corrected chi connectivity index (χ0v) is 16.6. The van der Waals surface area contributed by atoms with Gasteiger partial charge in [0.2, 0.25) is 0 Å². The summed E-state index contributed by atoms with van der Waals surface area (Å²) in [5.74, 6) is 0. The van der Waals surface area contributed by atoms with Crippen LogP contribution in [0.1, 0.15) is 12.6 Å². The molecule has 0 aromatic carbocycles. The van der Waals surface area contributed by atoms with Gasteiger partial charge in [0.1, 0.15) is 11.3 Å². The molecule has 4 aromatic heterocycles. The molecule has 1 saturated heterocycles. The predicted octanol–water partition coefficient (Wildman–Crippen LogP) is 1.85. The van der Waals surface area contributed by atoms with Gasteiger partial charge in [0.25, 0.3) is 5.56 Å². The molecule has 8 nitrogen and oxygen atoms in total. The van der Waals surface area contributed by atoms with E-state index in [1.165, 1.54) is 0 Å². The maximum absolute atomic E-state index is 12.8. The second-order valence-electron chi connectivity index (χ2n) is 7.44. The Labute approximate surface area is 168 Å². The first-order chi connectivity index (χ1) is 14.1. The Kier molecular flexibility index (Phi) is 4.28. The number of anilines is 1. The number of fused-ring (bicyclic) bond motifs is 2. The lowest BCUT2D eigenvalue weighted by atomic mass is 10.2. The van der Waals surface area contributed by atoms with E-state index in [1.54, 1.807) is 21.2 Å². The quantitative estimate of drug-likeness (QED) is 0.533. The van der Waals surface area contributed by atoms with Crippen LogP contribution in [0.4, 0.5) is 5.69 Å². The average Bonchev–Trinajstić information content (AvgIpc) is 3.17. The van der Waals surface area contributed by atoms with Crippen molar-refractivity contribution in [3.8, 4) is 11.4 Å². The van der Waals surface area contributed by atoms with Crippen LogP contribution in [-0.2, 0) is 0 Å². The molecule has 0 bridgehead atoms. The van der Waals surface area contributed by atoms with Gasteiger partial charge < -0.3 is 9.80 Å². The Morgan fingerprint density at radius 3 is 2.66 bits per heavy atom. The summed E-state index contributed by atoms with van der Waals surface area (Å²) in [6.07, 6.45) is 5.52. The van der Waals surface area contributed by atoms with Crippen molar-refractivity contribution >= 4 is 16.9 Å². The lowest BCUT2D eigenvalue weighted by molar-refractivity contribution is 0.271. The van der Waals surface area contributed by atoms with Crippen molar-refractivity contribution in [2.45, 2.75) is 13.8 Å². The number of rotatable bonds is 3. The van der Waals surface area contributed by atoms with Gasteiger partial charge >= 0.3 is 0 Å². The molecule has 1 fully saturated rings. The highest BCUT2D eigenvalue weighted by Crippen LogP contribution is 2.20. The standard InChI is InChI=1S/C21H23N7O/c1-3-25-6-8-26(9-7-25)16-4-5-20-23-18(11-21(29)27(20)14-16)19-10-17-12-22-15(2)13-28(17)24-19/h4-5,10-14H,3,6-9H2,1-2H3. The minimum Gasteiger partial charge on any atom is -0.368 e. The van der Waals surface area contributed by atoms with Gasteiger partial charge in [-0.15, -0.1) is 0 Å². The monoisotopic (exact) mass is 389 g/mol. The minimum absolute atomic E-state index is 0.106. The molecule has 8 heteroatoms. The molecule has 0 saturated carbocycles. The Balaban J connectivity index is 1.50. The summed E-state index contributed by atoms with van der Waals surface area (Å²) in [6.45, 7) is 9.21. The lowest BCUT2D eigenvalue weighted by Crippen LogP contribution is -2.46. The first-order valence-corrected chi connectivity index (χ1v) is 9.94. The highest BCUT2D eigenvalue weighted by molar-refractivity contribution is 5.64. The summed E-state index contributed by atoms with van der Waals surface area (Å²) < 4.78 is 3.38. The third kappa shape index (κ3) is 3.25. The van der Waals surface area contributed by atoms with E-state index in [0.717, 1.165) is 49.6 Å². The fourth-order valence-electron chi connectivity index (χ4n) is 3.84. The van der Waals surface area contributed by atoms with Crippen molar-refractivity contribution in [2.24, 2.45) is 0 Å². The third-order valence-corrected chi connectivity index (χ3v) is 5.57. The first kappa shape index (κ1) is 17.8. The second-order valence-corrected chi connectivity index (χ2v) is 7.44. The fraction of sp³-hybridized carbons (Fsp3) is 0.333. The van der Waals surface area contributed by atoms with Gasteiger partial charge in [-0.2, -0.15) is 5.10 Å². The third-order valence-electron chi connectivity index (χ3n) is 5.57. The average molecular weight is 389 g/mol. The topological polar surface area (TPSA) is 71.0 Å². The normalized spacial score (nSPS) is 15.4. The first-order valence-electron chi connectivity index (χ1n) is 9.94. The molecule has 0 amide bonds. The van der Waals surface area contributed by atoms with E-state index in [9.17, 15) is 4.79 Å². The van der Waals surface area contributed by atoms with E-state index >= 15 is 0 Å². The summed E-state index contributed by atoms with van der Waals surface area (Å²) in [7, 11) is 0. The van der Waals surface area contributed by atoms with Crippen molar-refractivity contribution < 1.29 is 0 Å². The van der Waals surface area contributed by atoms with Crippen LogP contribution in [0.3, 0.4) is 0 Å². The molecule has 1 aliphatic heterocycles. The van der Waals surface area contributed by atoms with Crippen LogP contribution in [0, 0.1) is 6.92 Å². The highest BCUT2D eigenvalue weighted by atomic mass is 16.1. The van der Waals surface area contributed by atoms with Crippen LogP contribution in [-0.4, -0.2) is 61.6 Å². The van der Waals surface area contributed by atoms with Crippen molar-refractivity contribution in [3.63, 3.8) is 0 Å². The predicted molar refractivity (Wildman–Crippen MR) is 113 cm³/mol. The van der Waals surface area contributed by atoms with Crippen LogP contribution in [0.5, 0.6) is 0 Å². The van der Waals surface area contributed by atoms with Crippen LogP contribution in [0.15, 0.2) is 47.7 Å². The second kappa shape index (κ2) is 6.97. The van der Waals surface area contributed by atoms with Crippen LogP contribution in [0.2, 0.25) is 0 Å². The van der Waals surface area contributed by atoms with E-state index in [4.69, 9.17) is 0 Å². The molecular formula is C21H23N7O. The number of likely N-dealkylation sites (N-methyl/N-ethyl adjacent to an activating group) is 1. The maximum atomic E-state index is 12.8. The molecule has 0 spiro atoms. The Morgan fingerprint density at radius 1 is 1.03 bits per heavy atom. The number of nitrogens with zero attached hydrogens (tertiary/aromatic N) is 7. The molecule has 0 N–H and O–H groups in total. The molecule has 5 rings (SSSR count). The number of aryl methyl sites for hydroxylation is 1. The molecule has 0 aliphatic carbocycles. The maximum Gasteiger partial charge on any atom is 0.258 e. The molecule has 5 heterocycles. The van der Waals surface area contributed by atoms with E-state index in [2.05, 4.69) is 31.8 Å². The van der Waals surface area contributed by atoms with Gasteiger partial charge in [-0.25, -0.2) is 9.50 Å². The molecule has 29 heavy (non-hydrogen) atoms. The smallest absolute Gasteiger partial charge is 0.258 e. The summed E-state index contributed by atoms with van der Waals surface area (Å²) in [4.78, 5) is 26.5. The van der Waals surface area contributed by atoms with Crippen LogP contribution in [0.25, 0.3) is 22.6 Å². The van der Waals surface area contributed by atoms with E-state index in [0.29, 0.717) is 17.0 Å². The summed E-state index contributed by atoms with van der Waals surface area (Å²) in [5.41, 5.74) is 4.55. The number of piperazine rings is 1. The van der Waals surface area contributed by atoms with Crippen molar-refractivity contribution in [1.29, 1.82) is 0 Å². The molecule has 0 atom stereocenters. The van der Waals surface area contributed by atoms with Gasteiger partial charge in [0.05, 0.1) is 35.0 Å². The van der Waals surface area contributed by atoms with Gasteiger partial charge in [-0.05, 0) is 31.7 Å². The van der Waals surface area contributed by atoms with Gasteiger partial charge in [-0.1, -0.05) is 6.92 Å². The van der Waals surface area contributed by atoms with Crippen molar-refractivity contribution in [1.82, 2.24) is 28.9 Å². The number of hydrogen-bond acceptors (Lipinski definition) is 6. The molecule has 0 radical (unpaired) electrons. The van der Waals surface area contributed by atoms with Crippen LogP contribution < -0.4 is 10.5 Å². The van der Waals surface area contributed by atoms with Gasteiger partial charge in [0.15, 0.2) is 0 Å². The minimum atomic E-state index is -0.106. The SMILES string of the molecule is CCN1CCN(c2ccc3nc(-c4cc5cnc(C)cn5n4)cc(=O)n3c2)CC1. The zero-order valence-electron chi connectivity index (χ0n) is 16.6. The summed E-state index contributed by atoms with van der Waals surface area (Å²) in [5, 5.41) is 4.55. The number of pyridine rings is 1. The molecule has 0 unspecified atom stereocenters. The fourth-order valence-corrected chi connectivity index (χ4v) is 3.84. The summed E-state index contributed by atoms with van der Waals surface area (Å²) >= 11 is 0. The number of hydrogen-bond donors (Lipinski definition) is 0. The van der Waals surface area contributed by atoms with Crippen molar-refractivity contribution in [2.75, 3.05) is 37.6 Å². The van der Waals surface area contributed by atoms with E-state index in [-0.39, 0.29) is 5.56 Å². The highest BCUT2D eigenvalue weighted by Gasteiger charge is 2.17. The molecule has 4 aromatic rings. The zero-order chi connectivity index (χ0) is 20.0. The summed E-state index contributed by atoms with van der Waals surface area (Å²) in [6, 6.07) is 7.40. The van der Waals surface area contributed by atoms with E-state index < -0.39 is 0 Å². The Hall–Kier alpha value is -3.26. The van der Waals surface area contributed by atoms with Crippen LogP contribution >= 0.6 is 0 Å².